The highest BCUT2D eigenvalue weighted by Gasteiger charge is 2.45. The van der Waals surface area contributed by atoms with Crippen molar-refractivity contribution in [3.05, 3.63) is 278 Å². The quantitative estimate of drug-likeness (QED) is 0.149. The number of fused-ring (bicyclic) bond motifs is 10. The van der Waals surface area contributed by atoms with Crippen molar-refractivity contribution in [2.45, 2.75) is 26.2 Å². The number of anilines is 6. The normalized spacial score (nSPS) is 15.9. The van der Waals surface area contributed by atoms with Gasteiger partial charge in [0, 0.05) is 50.0 Å². The fraction of sp³-hybridized carbons (Fsp3) is 0.0526. The summed E-state index contributed by atoms with van der Waals surface area (Å²) in [5.74, 6) is 0. The molecular weight excluding hydrogens is 982 g/mol. The molecule has 0 saturated heterocycles. The van der Waals surface area contributed by atoms with E-state index in [4.69, 9.17) is 18.1 Å². The summed E-state index contributed by atoms with van der Waals surface area (Å²) in [6.07, 6.45) is 0. The summed E-state index contributed by atoms with van der Waals surface area (Å²) in [7, 11) is 0. The van der Waals surface area contributed by atoms with Crippen molar-refractivity contribution in [1.82, 2.24) is 4.57 Å². The monoisotopic (exact) mass is 1050 g/mol. The molecule has 4 heterocycles. The lowest BCUT2D eigenvalue weighted by Gasteiger charge is -2.45. The number of aromatic nitrogens is 1. The van der Waals surface area contributed by atoms with Crippen LogP contribution in [0.1, 0.15) is 51.0 Å². The van der Waals surface area contributed by atoms with E-state index in [0.717, 1.165) is 50.1 Å². The van der Waals surface area contributed by atoms with Gasteiger partial charge in [-0.1, -0.05) is 227 Å². The number of hydrogen-bond donors (Lipinski definition) is 0. The van der Waals surface area contributed by atoms with E-state index in [9.17, 15) is 11.0 Å². The average Bonchev–Trinajstić information content (AvgIpc) is 1.55. The molecule has 4 nitrogen and oxygen atoms in total. The Morgan fingerprint density at radius 3 is 1.38 bits per heavy atom. The molecule has 0 fully saturated rings. The maximum atomic E-state index is 9.42. The van der Waals surface area contributed by atoms with Crippen LogP contribution in [0, 0.1) is 0 Å². The van der Waals surface area contributed by atoms with Crippen molar-refractivity contribution in [3.63, 3.8) is 0 Å². The van der Waals surface area contributed by atoms with Gasteiger partial charge < -0.3 is 18.8 Å². The third kappa shape index (κ3) is 7.46. The van der Waals surface area contributed by atoms with E-state index >= 15 is 0 Å². The van der Waals surface area contributed by atoms with Crippen LogP contribution in [0.5, 0.6) is 0 Å². The van der Waals surface area contributed by atoms with Crippen LogP contribution >= 0.6 is 0 Å². The van der Waals surface area contributed by atoms with Crippen molar-refractivity contribution in [1.29, 1.82) is 0 Å². The zero-order chi connectivity index (χ0) is 69.6. The van der Waals surface area contributed by atoms with E-state index in [-0.39, 0.29) is 56.3 Å². The van der Waals surface area contributed by atoms with Crippen LogP contribution < -0.4 is 26.2 Å². The highest BCUT2D eigenvalue weighted by Crippen LogP contribution is 2.51. The highest BCUT2D eigenvalue weighted by molar-refractivity contribution is 7.00. The van der Waals surface area contributed by atoms with Crippen molar-refractivity contribution < 1.29 is 29.1 Å². The van der Waals surface area contributed by atoms with Gasteiger partial charge in [-0.25, -0.2) is 0 Å². The molecule has 0 radical (unpaired) electrons. The van der Waals surface area contributed by atoms with Crippen LogP contribution in [-0.2, 0) is 5.41 Å². The third-order valence-corrected chi connectivity index (χ3v) is 15.9. The molecule has 14 aromatic rings. The molecule has 81 heavy (non-hydrogen) atoms. The van der Waals surface area contributed by atoms with Gasteiger partial charge >= 0.3 is 0 Å². The topological polar surface area (TPSA) is 24.6 Å². The maximum Gasteiger partial charge on any atom is 0.252 e. The molecule has 0 atom stereocenters. The largest absolute Gasteiger partial charge is 0.452 e. The fourth-order valence-electron chi connectivity index (χ4n) is 12.2. The first-order chi connectivity index (χ1) is 47.3. The molecule has 0 bridgehead atoms. The Morgan fingerprint density at radius 2 is 0.840 bits per heavy atom. The molecule has 5 heteroatoms. The van der Waals surface area contributed by atoms with E-state index in [1.807, 2.05) is 109 Å². The third-order valence-electron chi connectivity index (χ3n) is 15.9. The Labute approximate surface area is 497 Å². The first-order valence-corrected chi connectivity index (χ1v) is 26.7. The van der Waals surface area contributed by atoms with E-state index < -0.39 is 109 Å². The summed E-state index contributed by atoms with van der Waals surface area (Å²) in [5, 5.41) is 0.924. The number of para-hydroxylation sites is 4. The number of hydrogen-bond acceptors (Lipinski definition) is 3. The Bertz CT molecular complexity index is 5740. The smallest absolute Gasteiger partial charge is 0.252 e. The molecule has 0 spiro atoms. The molecule has 2 aliphatic heterocycles. The summed E-state index contributed by atoms with van der Waals surface area (Å²) >= 11 is 0. The zero-order valence-electron chi connectivity index (χ0n) is 61.9. The lowest BCUT2D eigenvalue weighted by Crippen LogP contribution is -2.61. The molecule has 0 unspecified atom stereocenters. The van der Waals surface area contributed by atoms with Gasteiger partial charge in [0.2, 0.25) is 0 Å². The number of furan rings is 1. The van der Waals surface area contributed by atoms with Crippen molar-refractivity contribution in [2.75, 3.05) is 9.80 Å². The van der Waals surface area contributed by atoms with E-state index in [0.29, 0.717) is 55.7 Å². The number of benzene rings is 12. The van der Waals surface area contributed by atoms with E-state index in [1.54, 1.807) is 24.3 Å². The Morgan fingerprint density at radius 1 is 0.358 bits per heavy atom. The Kier molecular flexibility index (Phi) is 7.23. The SMILES string of the molecule is [2H]c1c([2H])c([2H])c(-c2ccc3c(c2)N(c2cc(-c4ccccc4)cc(-c4ccccc4)c2)c2cc(C(C)(C)C)cc4c2B3c2ccc(-c3c([2H])c([2H])c([2H])c([2H])c3[2H])cc2N4c2cccc3c2oc2c(-n4c5c([2H])c([2H])c([2H])c([2H])c5c5c([2H])c([2H])c([2H])c([2H])c54)cccc23)c([2H])c1[2H]. The zero-order valence-corrected chi connectivity index (χ0v) is 43.9. The highest BCUT2D eigenvalue weighted by atomic mass is 16.3. The second-order valence-electron chi connectivity index (χ2n) is 21.5. The number of rotatable bonds is 7. The van der Waals surface area contributed by atoms with Gasteiger partial charge in [0.25, 0.3) is 6.71 Å². The predicted octanol–water partition coefficient (Wildman–Crippen LogP) is 18.7. The van der Waals surface area contributed by atoms with Gasteiger partial charge in [0.05, 0.1) is 47.1 Å². The minimum atomic E-state index is -0.674. The summed E-state index contributed by atoms with van der Waals surface area (Å²) in [6, 6.07) is 43.8. The van der Waals surface area contributed by atoms with Crippen LogP contribution in [0.4, 0.5) is 34.1 Å². The molecule has 12 aromatic carbocycles. The summed E-state index contributed by atoms with van der Waals surface area (Å²) < 4.78 is 171. The fourth-order valence-corrected chi connectivity index (χ4v) is 12.2. The summed E-state index contributed by atoms with van der Waals surface area (Å²) in [5.41, 5.74) is 11.1. The molecular formula is C76H54BN3O. The summed E-state index contributed by atoms with van der Waals surface area (Å²) in [6.45, 7) is 5.64. The van der Waals surface area contributed by atoms with Gasteiger partial charge in [-0.05, 0) is 139 Å². The maximum absolute atomic E-state index is 9.42. The second kappa shape index (κ2) is 18.2. The van der Waals surface area contributed by atoms with Crippen LogP contribution in [0.15, 0.2) is 277 Å². The Balaban J connectivity index is 1.04. The molecule has 2 aromatic heterocycles. The molecule has 2 aliphatic rings. The molecule has 16 rings (SSSR count). The van der Waals surface area contributed by atoms with Crippen molar-refractivity contribution >= 4 is 101 Å². The van der Waals surface area contributed by atoms with Gasteiger partial charge in [0.15, 0.2) is 11.2 Å². The van der Waals surface area contributed by atoms with Crippen LogP contribution in [0.25, 0.3) is 93.9 Å². The second-order valence-corrected chi connectivity index (χ2v) is 21.5. The number of nitrogens with zero attached hydrogens (tertiary/aromatic N) is 3. The van der Waals surface area contributed by atoms with Crippen LogP contribution in [0.3, 0.4) is 0 Å². The first kappa shape index (κ1) is 32.1. The minimum absolute atomic E-state index is 0.00854. The van der Waals surface area contributed by atoms with E-state index in [1.165, 1.54) is 4.57 Å². The molecule has 0 amide bonds. The standard InChI is InChI=1S/C76H54BN3O/c1-76(2,3)57-47-71-73-72(48-57)80(68-37-21-33-62-61-32-20-36-67(74(61)81-75(62)68)79-65-34-18-16-30-59(65)60-31-17-19-35-66(60)79)70-46-54(50-24-10-5-11-25-50)39-41-64(70)77(73)63-40-38-53(49-22-8-4-9-23-49)45-69(63)78(71)58-43-55(51-26-12-6-13-27-51)42-56(44-58)52-28-14-7-15-29-52/h4-48H,1-3H3/i4D,5D,8D,9D,10D,11D,16D,17D,18D,19D,22D,23D,24D,25D,30D,31D,34D,35D. The lowest BCUT2D eigenvalue weighted by atomic mass is 9.33. The van der Waals surface area contributed by atoms with Crippen molar-refractivity contribution in [3.8, 4) is 50.2 Å². The van der Waals surface area contributed by atoms with Gasteiger partial charge in [-0.2, -0.15) is 0 Å². The van der Waals surface area contributed by atoms with Gasteiger partial charge in [-0.3, -0.25) is 0 Å². The Hall–Kier alpha value is -10.1. The van der Waals surface area contributed by atoms with Gasteiger partial charge in [0.1, 0.15) is 0 Å². The molecule has 0 aliphatic carbocycles. The van der Waals surface area contributed by atoms with Gasteiger partial charge in [-0.15, -0.1) is 0 Å². The van der Waals surface area contributed by atoms with E-state index in [2.05, 4.69) is 60.9 Å². The van der Waals surface area contributed by atoms with Crippen molar-refractivity contribution in [2.24, 2.45) is 0 Å². The molecule has 382 valence electrons. The first-order valence-electron chi connectivity index (χ1n) is 35.7. The summed E-state index contributed by atoms with van der Waals surface area (Å²) in [4.78, 5) is 4.25. The average molecular weight is 1050 g/mol. The lowest BCUT2D eigenvalue weighted by molar-refractivity contribution is 0.590. The molecule has 0 N–H and O–H groups in total. The van der Waals surface area contributed by atoms with Crippen LogP contribution in [-0.4, -0.2) is 11.3 Å². The minimum Gasteiger partial charge on any atom is -0.452 e. The molecule has 0 saturated carbocycles. The van der Waals surface area contributed by atoms with Crippen LogP contribution in [0.2, 0.25) is 0 Å². The predicted molar refractivity (Wildman–Crippen MR) is 343 cm³/mol.